The van der Waals surface area contributed by atoms with E-state index in [2.05, 4.69) is 28.8 Å². The number of rotatable bonds is 9. The lowest BCUT2D eigenvalue weighted by Gasteiger charge is -2.29. The predicted molar refractivity (Wildman–Crippen MR) is 138 cm³/mol. The Kier molecular flexibility index (Phi) is 7.80. The van der Waals surface area contributed by atoms with Crippen molar-refractivity contribution in [2.24, 2.45) is 0 Å². The van der Waals surface area contributed by atoms with E-state index in [1.165, 1.54) is 4.90 Å². The molecule has 1 atom stereocenters. The van der Waals surface area contributed by atoms with Crippen LogP contribution in [0, 0.1) is 6.92 Å². The van der Waals surface area contributed by atoms with Crippen molar-refractivity contribution in [1.29, 1.82) is 0 Å². The predicted octanol–water partition coefficient (Wildman–Crippen LogP) is 5.28. The van der Waals surface area contributed by atoms with Crippen LogP contribution in [0.25, 0.3) is 0 Å². The van der Waals surface area contributed by atoms with Crippen molar-refractivity contribution in [3.8, 4) is 5.75 Å². The monoisotopic (exact) mass is 504 g/mol. The van der Waals surface area contributed by atoms with Crippen molar-refractivity contribution in [2.75, 3.05) is 12.0 Å². The summed E-state index contributed by atoms with van der Waals surface area (Å²) in [6.07, 6.45) is 0. The van der Waals surface area contributed by atoms with Crippen LogP contribution in [0.15, 0.2) is 70.5 Å². The van der Waals surface area contributed by atoms with Crippen molar-refractivity contribution in [3.05, 3.63) is 94.4 Å². The van der Waals surface area contributed by atoms with Gasteiger partial charge >= 0.3 is 0 Å². The van der Waals surface area contributed by atoms with Gasteiger partial charge in [0.05, 0.1) is 7.11 Å². The van der Waals surface area contributed by atoms with Crippen molar-refractivity contribution in [3.63, 3.8) is 0 Å². The van der Waals surface area contributed by atoms with E-state index in [0.717, 1.165) is 28.4 Å². The van der Waals surface area contributed by atoms with Gasteiger partial charge in [-0.3, -0.25) is 14.5 Å². The molecule has 4 rings (SSSR count). The van der Waals surface area contributed by atoms with Crippen LogP contribution in [0.3, 0.4) is 0 Å². The first kappa shape index (κ1) is 25.1. The van der Waals surface area contributed by atoms with E-state index in [1.54, 1.807) is 31.5 Å². The van der Waals surface area contributed by atoms with E-state index in [9.17, 15) is 9.59 Å². The van der Waals surface area contributed by atoms with Gasteiger partial charge in [0, 0.05) is 17.6 Å². The van der Waals surface area contributed by atoms with Gasteiger partial charge in [-0.05, 0) is 71.9 Å². The highest BCUT2D eigenvalue weighted by Gasteiger charge is 2.36. The van der Waals surface area contributed by atoms with Gasteiger partial charge in [-0.2, -0.15) is 0 Å². The number of nitrogens with zero attached hydrogens (tertiary/aromatic N) is 3. The standard InChI is InChI=1S/C27H28N4O4S/c1-17(2)20-8-10-21(11-9-20)31(27(33)23-16-36-30-29-23)25(24-14-5-18(3)35-24)26(32)28-15-19-6-12-22(34-4)13-7-19/h5-14,16-17,25H,15H2,1-4H3,(H,28,32)/t25-/m1/s1. The molecule has 0 radical (unpaired) electrons. The summed E-state index contributed by atoms with van der Waals surface area (Å²) in [5.74, 6) is 1.21. The molecule has 0 saturated carbocycles. The Morgan fingerprint density at radius 1 is 1.06 bits per heavy atom. The Hall–Kier alpha value is -3.98. The topological polar surface area (TPSA) is 97.6 Å². The molecule has 36 heavy (non-hydrogen) atoms. The van der Waals surface area contributed by atoms with E-state index in [-0.39, 0.29) is 18.1 Å². The molecule has 9 heteroatoms. The number of furan rings is 1. The molecule has 0 spiro atoms. The van der Waals surface area contributed by atoms with E-state index in [4.69, 9.17) is 9.15 Å². The molecule has 0 aliphatic rings. The normalized spacial score (nSPS) is 11.8. The number of benzene rings is 2. The lowest BCUT2D eigenvalue weighted by atomic mass is 10.0. The number of hydrogen-bond donors (Lipinski definition) is 1. The van der Waals surface area contributed by atoms with Crippen molar-refractivity contribution in [2.45, 2.75) is 39.3 Å². The van der Waals surface area contributed by atoms with E-state index in [0.29, 0.717) is 23.1 Å². The number of amides is 2. The summed E-state index contributed by atoms with van der Waals surface area (Å²) in [5, 5.41) is 8.49. The van der Waals surface area contributed by atoms with Gasteiger partial charge in [0.1, 0.15) is 17.3 Å². The zero-order valence-electron chi connectivity index (χ0n) is 20.6. The average molecular weight is 505 g/mol. The molecular formula is C27H28N4O4S. The molecule has 8 nitrogen and oxygen atoms in total. The molecule has 4 aromatic rings. The molecule has 0 aliphatic carbocycles. The number of carbonyl (C=O) groups excluding carboxylic acids is 2. The summed E-state index contributed by atoms with van der Waals surface area (Å²) < 4.78 is 14.9. The zero-order valence-corrected chi connectivity index (χ0v) is 21.4. The molecule has 0 aliphatic heterocycles. The number of aromatic nitrogens is 2. The van der Waals surface area contributed by atoms with Gasteiger partial charge in [-0.1, -0.05) is 42.6 Å². The van der Waals surface area contributed by atoms with Gasteiger partial charge in [-0.15, -0.1) is 5.10 Å². The third-order valence-corrected chi connectivity index (χ3v) is 6.30. The number of methoxy groups -OCH3 is 1. The van der Waals surface area contributed by atoms with Gasteiger partial charge in [0.2, 0.25) is 0 Å². The minimum Gasteiger partial charge on any atom is -0.497 e. The van der Waals surface area contributed by atoms with Crippen LogP contribution in [-0.2, 0) is 11.3 Å². The van der Waals surface area contributed by atoms with Gasteiger partial charge < -0.3 is 14.5 Å². The van der Waals surface area contributed by atoms with Crippen molar-refractivity contribution < 1.29 is 18.7 Å². The first-order chi connectivity index (χ1) is 17.4. The average Bonchev–Trinajstić information content (AvgIpc) is 3.58. The maximum absolute atomic E-state index is 13.7. The van der Waals surface area contributed by atoms with E-state index >= 15 is 0 Å². The number of carbonyl (C=O) groups is 2. The molecule has 0 fully saturated rings. The fourth-order valence-corrected chi connectivity index (χ4v) is 4.22. The number of ether oxygens (including phenoxy) is 1. The van der Waals surface area contributed by atoms with Crippen LogP contribution < -0.4 is 15.0 Å². The van der Waals surface area contributed by atoms with Crippen LogP contribution in [0.2, 0.25) is 0 Å². The second-order valence-electron chi connectivity index (χ2n) is 8.63. The Labute approximate surface area is 214 Å². The lowest BCUT2D eigenvalue weighted by Crippen LogP contribution is -2.44. The molecule has 0 bridgehead atoms. The quantitative estimate of drug-likeness (QED) is 0.333. The molecule has 2 amide bonds. The highest BCUT2D eigenvalue weighted by atomic mass is 32.1. The van der Waals surface area contributed by atoms with Crippen molar-refractivity contribution in [1.82, 2.24) is 14.9 Å². The summed E-state index contributed by atoms with van der Waals surface area (Å²) in [6.45, 7) is 6.26. The van der Waals surface area contributed by atoms with Crippen LogP contribution >= 0.6 is 11.5 Å². The third-order valence-electron chi connectivity index (χ3n) is 5.80. The molecule has 2 heterocycles. The van der Waals surface area contributed by atoms with E-state index < -0.39 is 11.9 Å². The summed E-state index contributed by atoms with van der Waals surface area (Å²) >= 11 is 1.07. The molecule has 2 aromatic heterocycles. The summed E-state index contributed by atoms with van der Waals surface area (Å²) in [5.41, 5.74) is 2.72. The zero-order chi connectivity index (χ0) is 25.7. The maximum atomic E-state index is 13.7. The summed E-state index contributed by atoms with van der Waals surface area (Å²) in [7, 11) is 1.60. The summed E-state index contributed by atoms with van der Waals surface area (Å²) in [4.78, 5) is 28.8. The Morgan fingerprint density at radius 3 is 2.33 bits per heavy atom. The number of anilines is 1. The fourth-order valence-electron chi connectivity index (χ4n) is 3.79. The van der Waals surface area contributed by atoms with Gasteiger partial charge in [0.15, 0.2) is 11.7 Å². The molecule has 1 N–H and O–H groups in total. The smallest absolute Gasteiger partial charge is 0.280 e. The summed E-state index contributed by atoms with van der Waals surface area (Å²) in [6, 6.07) is 17.4. The molecular weight excluding hydrogens is 476 g/mol. The Morgan fingerprint density at radius 2 is 1.78 bits per heavy atom. The SMILES string of the molecule is COc1ccc(CNC(=O)[C@@H](c2ccc(C)o2)N(C(=O)c2csnn2)c2ccc(C(C)C)cc2)cc1. The first-order valence-corrected chi connectivity index (χ1v) is 12.4. The van der Waals surface area contributed by atoms with E-state index in [1.807, 2.05) is 48.5 Å². The minimum absolute atomic E-state index is 0.157. The Bertz CT molecular complexity index is 1300. The fraction of sp³-hybridized carbons (Fsp3) is 0.259. The Balaban J connectivity index is 1.71. The highest BCUT2D eigenvalue weighted by Crippen LogP contribution is 2.32. The maximum Gasteiger partial charge on any atom is 0.280 e. The largest absolute Gasteiger partial charge is 0.497 e. The highest BCUT2D eigenvalue weighted by molar-refractivity contribution is 7.03. The van der Waals surface area contributed by atoms with Crippen LogP contribution in [-0.4, -0.2) is 28.5 Å². The molecule has 186 valence electrons. The van der Waals surface area contributed by atoms with Crippen LogP contribution in [0.5, 0.6) is 5.75 Å². The molecule has 0 saturated heterocycles. The van der Waals surface area contributed by atoms with Crippen molar-refractivity contribution >= 4 is 29.0 Å². The lowest BCUT2D eigenvalue weighted by molar-refractivity contribution is -0.123. The minimum atomic E-state index is -1.06. The number of hydrogen-bond acceptors (Lipinski definition) is 7. The van der Waals surface area contributed by atoms with Crippen LogP contribution in [0.1, 0.15) is 58.9 Å². The van der Waals surface area contributed by atoms with Crippen LogP contribution in [0.4, 0.5) is 5.69 Å². The molecule has 0 unspecified atom stereocenters. The molecule has 2 aromatic carbocycles. The van der Waals surface area contributed by atoms with Gasteiger partial charge in [0.25, 0.3) is 11.8 Å². The third kappa shape index (κ3) is 5.63. The first-order valence-electron chi connectivity index (χ1n) is 11.5. The number of aryl methyl sites for hydroxylation is 1. The van der Waals surface area contributed by atoms with Gasteiger partial charge in [-0.25, -0.2) is 0 Å². The second-order valence-corrected chi connectivity index (χ2v) is 9.24. The number of nitrogens with one attached hydrogen (secondary N) is 1. The second kappa shape index (κ2) is 11.2.